The van der Waals surface area contributed by atoms with E-state index in [-0.39, 0.29) is 0 Å². The van der Waals surface area contributed by atoms with Crippen LogP contribution in [0.3, 0.4) is 0 Å². The van der Waals surface area contributed by atoms with E-state index in [0.717, 1.165) is 39.3 Å². The molecule has 0 bridgehead atoms. The fourth-order valence-corrected chi connectivity index (χ4v) is 3.25. The van der Waals surface area contributed by atoms with E-state index < -0.39 is 0 Å². The van der Waals surface area contributed by atoms with Crippen LogP contribution in [-0.2, 0) is 6.54 Å². The minimum absolute atomic E-state index is 0.622. The molecular weight excluding hydrogens is 284 g/mol. The normalized spacial score (nSPS) is 14.3. The molecule has 2 aromatic heterocycles. The molecule has 1 aromatic carbocycles. The van der Waals surface area contributed by atoms with E-state index >= 15 is 0 Å². The number of aromatic nitrogens is 5. The summed E-state index contributed by atoms with van der Waals surface area (Å²) in [5.74, 6) is 2.69. The molecule has 0 saturated heterocycles. The average Bonchev–Trinajstić information content (AvgIpc) is 3.01. The largest absolute Gasteiger partial charge is 0.320 e. The van der Waals surface area contributed by atoms with E-state index in [1.807, 2.05) is 36.7 Å². The number of thioether (sulfide) groups is 1. The molecule has 3 aromatic rings. The summed E-state index contributed by atoms with van der Waals surface area (Å²) >= 11 is 1.67. The highest BCUT2D eigenvalue weighted by molar-refractivity contribution is 7.99. The Morgan fingerprint density at radius 1 is 1.19 bits per heavy atom. The Balaban J connectivity index is 1.80. The molecule has 0 amide bonds. The van der Waals surface area contributed by atoms with Crippen LogP contribution in [-0.4, -0.2) is 35.9 Å². The van der Waals surface area contributed by atoms with Gasteiger partial charge in [-0.25, -0.2) is 4.98 Å². The molecule has 4 rings (SSSR count). The van der Waals surface area contributed by atoms with Crippen molar-refractivity contribution < 1.29 is 0 Å². The molecule has 3 heterocycles. The number of imidazole rings is 1. The number of benzene rings is 1. The van der Waals surface area contributed by atoms with E-state index in [2.05, 4.69) is 30.9 Å². The third-order valence-electron chi connectivity index (χ3n) is 3.50. The van der Waals surface area contributed by atoms with Crippen molar-refractivity contribution in [3.8, 4) is 0 Å². The first-order valence-electron chi connectivity index (χ1n) is 6.76. The maximum absolute atomic E-state index is 4.59. The molecule has 0 N–H and O–H groups in total. The van der Waals surface area contributed by atoms with Gasteiger partial charge in [-0.1, -0.05) is 23.9 Å². The molecule has 0 aliphatic carbocycles. The number of fused-ring (bicyclic) bond motifs is 2. The van der Waals surface area contributed by atoms with Crippen LogP contribution in [0.4, 0.5) is 0 Å². The van der Waals surface area contributed by atoms with Crippen LogP contribution in [0.25, 0.3) is 11.0 Å². The second kappa shape index (κ2) is 4.70. The van der Waals surface area contributed by atoms with Crippen molar-refractivity contribution in [2.75, 3.05) is 5.75 Å². The van der Waals surface area contributed by atoms with Gasteiger partial charge >= 0.3 is 0 Å². The standard InChI is InChI=1S/C14H14N6S/c1-9-8-21-14-17-16-13(20(14)18-9)7-19-10(2)15-11-5-3-4-6-12(11)19/h3-6H,7-8H2,1-2H3. The maximum Gasteiger partial charge on any atom is 0.212 e. The van der Waals surface area contributed by atoms with Crippen LogP contribution in [0.5, 0.6) is 0 Å². The zero-order valence-electron chi connectivity index (χ0n) is 11.8. The minimum Gasteiger partial charge on any atom is -0.320 e. The van der Waals surface area contributed by atoms with Gasteiger partial charge in [-0.15, -0.1) is 10.2 Å². The van der Waals surface area contributed by atoms with Crippen molar-refractivity contribution in [1.82, 2.24) is 24.4 Å². The first-order valence-corrected chi connectivity index (χ1v) is 7.74. The van der Waals surface area contributed by atoms with Crippen molar-refractivity contribution in [2.45, 2.75) is 25.5 Å². The molecule has 1 aliphatic rings. The number of hydrogen-bond acceptors (Lipinski definition) is 5. The van der Waals surface area contributed by atoms with Gasteiger partial charge in [0.2, 0.25) is 5.16 Å². The fraction of sp³-hybridized carbons (Fsp3) is 0.286. The average molecular weight is 298 g/mol. The van der Waals surface area contributed by atoms with Crippen LogP contribution >= 0.6 is 11.8 Å². The van der Waals surface area contributed by atoms with Crippen LogP contribution in [0.15, 0.2) is 34.5 Å². The summed E-state index contributed by atoms with van der Waals surface area (Å²) in [6, 6.07) is 8.13. The predicted molar refractivity (Wildman–Crippen MR) is 82.8 cm³/mol. The maximum atomic E-state index is 4.59. The Kier molecular flexibility index (Phi) is 2.81. The Labute approximate surface area is 125 Å². The summed E-state index contributed by atoms with van der Waals surface area (Å²) in [4.78, 5) is 4.59. The Bertz CT molecular complexity index is 860. The summed E-state index contributed by atoms with van der Waals surface area (Å²) in [6.45, 7) is 4.66. The zero-order chi connectivity index (χ0) is 14.4. The summed E-state index contributed by atoms with van der Waals surface area (Å²) in [7, 11) is 0. The first-order chi connectivity index (χ1) is 10.2. The minimum atomic E-state index is 0.622. The van der Waals surface area contributed by atoms with Gasteiger partial charge in [0.05, 0.1) is 17.6 Å². The number of para-hydroxylation sites is 2. The summed E-state index contributed by atoms with van der Waals surface area (Å²) in [5, 5.41) is 13.9. The SMILES string of the molecule is CC1=Nn2c(Cn3c(C)nc4ccccc43)nnc2SC1. The highest BCUT2D eigenvalue weighted by Gasteiger charge is 2.18. The van der Waals surface area contributed by atoms with Gasteiger partial charge in [-0.2, -0.15) is 9.78 Å². The van der Waals surface area contributed by atoms with Gasteiger partial charge in [0.15, 0.2) is 5.82 Å². The molecule has 0 unspecified atom stereocenters. The van der Waals surface area contributed by atoms with Gasteiger partial charge in [0, 0.05) is 11.5 Å². The second-order valence-electron chi connectivity index (χ2n) is 5.07. The summed E-state index contributed by atoms with van der Waals surface area (Å²) in [6.07, 6.45) is 0. The van der Waals surface area contributed by atoms with Gasteiger partial charge in [-0.3, -0.25) is 0 Å². The second-order valence-corrected chi connectivity index (χ2v) is 6.01. The summed E-state index contributed by atoms with van der Waals surface area (Å²) < 4.78 is 3.99. The molecule has 0 saturated carbocycles. The van der Waals surface area contributed by atoms with E-state index in [0.29, 0.717) is 6.54 Å². The molecule has 0 atom stereocenters. The first kappa shape index (κ1) is 12.6. The fourth-order valence-electron chi connectivity index (χ4n) is 2.49. The molecule has 21 heavy (non-hydrogen) atoms. The monoisotopic (exact) mass is 298 g/mol. The molecule has 0 radical (unpaired) electrons. The topological polar surface area (TPSA) is 60.9 Å². The van der Waals surface area contributed by atoms with Gasteiger partial charge in [0.1, 0.15) is 5.82 Å². The number of hydrogen-bond donors (Lipinski definition) is 0. The molecule has 7 heteroatoms. The number of rotatable bonds is 2. The van der Waals surface area contributed by atoms with E-state index in [4.69, 9.17) is 0 Å². The van der Waals surface area contributed by atoms with E-state index in [9.17, 15) is 0 Å². The Morgan fingerprint density at radius 2 is 2.05 bits per heavy atom. The van der Waals surface area contributed by atoms with Crippen LogP contribution in [0.1, 0.15) is 18.6 Å². The van der Waals surface area contributed by atoms with Crippen LogP contribution in [0.2, 0.25) is 0 Å². The lowest BCUT2D eigenvalue weighted by Gasteiger charge is -2.11. The predicted octanol–water partition coefficient (Wildman–Crippen LogP) is 2.31. The smallest absolute Gasteiger partial charge is 0.212 e. The Morgan fingerprint density at radius 3 is 2.95 bits per heavy atom. The van der Waals surface area contributed by atoms with Crippen molar-refractivity contribution in [1.29, 1.82) is 0 Å². The molecular formula is C14H14N6S. The highest BCUT2D eigenvalue weighted by atomic mass is 32.2. The summed E-state index contributed by atoms with van der Waals surface area (Å²) in [5.41, 5.74) is 3.19. The van der Waals surface area contributed by atoms with E-state index in [1.165, 1.54) is 0 Å². The Hall–Kier alpha value is -2.15. The molecule has 0 spiro atoms. The van der Waals surface area contributed by atoms with Crippen molar-refractivity contribution >= 4 is 28.5 Å². The lowest BCUT2D eigenvalue weighted by molar-refractivity contribution is 0.658. The van der Waals surface area contributed by atoms with Crippen molar-refractivity contribution in [2.24, 2.45) is 5.10 Å². The number of aryl methyl sites for hydroxylation is 1. The zero-order valence-corrected chi connectivity index (χ0v) is 12.6. The van der Waals surface area contributed by atoms with Crippen LogP contribution in [0, 0.1) is 6.92 Å². The third-order valence-corrected chi connectivity index (χ3v) is 4.58. The molecule has 106 valence electrons. The van der Waals surface area contributed by atoms with Crippen LogP contribution < -0.4 is 0 Å². The number of nitrogens with zero attached hydrogens (tertiary/aromatic N) is 6. The molecule has 6 nitrogen and oxygen atoms in total. The van der Waals surface area contributed by atoms with E-state index in [1.54, 1.807) is 11.8 Å². The molecule has 0 fully saturated rings. The van der Waals surface area contributed by atoms with Gasteiger partial charge in [-0.05, 0) is 26.0 Å². The third kappa shape index (κ3) is 2.04. The highest BCUT2D eigenvalue weighted by Crippen LogP contribution is 2.23. The van der Waals surface area contributed by atoms with Gasteiger partial charge < -0.3 is 4.57 Å². The lowest BCUT2D eigenvalue weighted by Crippen LogP contribution is -2.13. The quantitative estimate of drug-likeness (QED) is 0.728. The lowest BCUT2D eigenvalue weighted by atomic mass is 10.3. The van der Waals surface area contributed by atoms with Crippen molar-refractivity contribution in [3.05, 3.63) is 35.9 Å². The van der Waals surface area contributed by atoms with Gasteiger partial charge in [0.25, 0.3) is 0 Å². The van der Waals surface area contributed by atoms with Crippen molar-refractivity contribution in [3.63, 3.8) is 0 Å². The molecule has 1 aliphatic heterocycles.